The molecule has 4 aromatic heterocycles. The summed E-state index contributed by atoms with van der Waals surface area (Å²) in [5.74, 6) is 0.908. The van der Waals surface area contributed by atoms with Crippen molar-refractivity contribution in [1.29, 1.82) is 0 Å². The first-order valence-electron chi connectivity index (χ1n) is 13.3. The zero-order valence-electron chi connectivity index (χ0n) is 23.0. The van der Waals surface area contributed by atoms with Crippen LogP contribution in [0.3, 0.4) is 0 Å². The smallest absolute Gasteiger partial charge is 0.184 e. The molecule has 1 aliphatic heterocycles. The van der Waals surface area contributed by atoms with Crippen LogP contribution in [0, 0.1) is 11.2 Å². The molecule has 0 spiro atoms. The van der Waals surface area contributed by atoms with Gasteiger partial charge in [-0.05, 0) is 50.0 Å². The summed E-state index contributed by atoms with van der Waals surface area (Å²) in [4.78, 5) is 19.5. The van der Waals surface area contributed by atoms with Crippen molar-refractivity contribution in [3.8, 4) is 11.5 Å². The number of aromatic nitrogens is 6. The Balaban J connectivity index is 1.56. The largest absolute Gasteiger partial charge is 0.359 e. The number of piperidine rings is 1. The SMILES string of the molecule is C=C/C(=C\C(=C/C)c1cnc2n[nH]c(-c3nc4c(N5CCCCC5)nccc4[nH]3)c2c1F)NC(=C)C(C)(C)C. The molecule has 1 aliphatic rings. The number of nitrogens with one attached hydrogen (secondary N) is 3. The second-order valence-electron chi connectivity index (χ2n) is 10.8. The number of nitrogens with zero attached hydrogens (tertiary/aromatic N) is 5. The van der Waals surface area contributed by atoms with Crippen LogP contribution in [-0.4, -0.2) is 43.2 Å². The molecule has 39 heavy (non-hydrogen) atoms. The Bertz CT molecular complexity index is 1610. The van der Waals surface area contributed by atoms with Crippen molar-refractivity contribution in [3.05, 3.63) is 72.6 Å². The molecule has 0 amide bonds. The first-order valence-corrected chi connectivity index (χ1v) is 13.3. The van der Waals surface area contributed by atoms with E-state index in [4.69, 9.17) is 4.98 Å². The summed E-state index contributed by atoms with van der Waals surface area (Å²) >= 11 is 0. The molecule has 0 aliphatic carbocycles. The van der Waals surface area contributed by atoms with Gasteiger partial charge in [-0.1, -0.05) is 40.0 Å². The highest BCUT2D eigenvalue weighted by atomic mass is 19.1. The molecule has 0 aromatic carbocycles. The van der Waals surface area contributed by atoms with Crippen LogP contribution < -0.4 is 10.2 Å². The van der Waals surface area contributed by atoms with E-state index in [1.807, 2.05) is 25.1 Å². The lowest BCUT2D eigenvalue weighted by molar-refractivity contribution is 0.478. The van der Waals surface area contributed by atoms with Gasteiger partial charge in [-0.15, -0.1) is 0 Å². The number of hydrogen-bond donors (Lipinski definition) is 3. The van der Waals surface area contributed by atoms with Crippen LogP contribution in [0.15, 0.2) is 61.2 Å². The monoisotopic (exact) mass is 526 g/mol. The third-order valence-corrected chi connectivity index (χ3v) is 7.15. The van der Waals surface area contributed by atoms with E-state index in [2.05, 4.69) is 69.3 Å². The molecule has 3 N–H and O–H groups in total. The Morgan fingerprint density at radius 1 is 1.18 bits per heavy atom. The minimum atomic E-state index is -0.430. The third kappa shape index (κ3) is 5.08. The van der Waals surface area contributed by atoms with Crippen molar-refractivity contribution < 1.29 is 4.39 Å². The maximum Gasteiger partial charge on any atom is 0.184 e. The maximum atomic E-state index is 16.2. The molecule has 1 saturated heterocycles. The van der Waals surface area contributed by atoms with E-state index in [0.29, 0.717) is 28.4 Å². The number of H-pyrrole nitrogens is 2. The normalized spacial score (nSPS) is 15.3. The fourth-order valence-corrected chi connectivity index (χ4v) is 4.69. The highest BCUT2D eigenvalue weighted by Crippen LogP contribution is 2.33. The Labute approximate surface area is 227 Å². The fourth-order valence-electron chi connectivity index (χ4n) is 4.69. The molecule has 0 bridgehead atoms. The van der Waals surface area contributed by atoms with Gasteiger partial charge in [-0.3, -0.25) is 5.10 Å². The minimum Gasteiger partial charge on any atom is -0.359 e. The van der Waals surface area contributed by atoms with Gasteiger partial charge in [-0.25, -0.2) is 19.3 Å². The van der Waals surface area contributed by atoms with Gasteiger partial charge in [0.15, 0.2) is 17.3 Å². The molecule has 0 unspecified atom stereocenters. The Morgan fingerprint density at radius 3 is 2.64 bits per heavy atom. The summed E-state index contributed by atoms with van der Waals surface area (Å²) in [5, 5.41) is 10.8. The molecule has 1 fully saturated rings. The van der Waals surface area contributed by atoms with E-state index in [1.54, 1.807) is 12.3 Å². The van der Waals surface area contributed by atoms with Gasteiger partial charge in [0.25, 0.3) is 0 Å². The van der Waals surface area contributed by atoms with Crippen LogP contribution in [-0.2, 0) is 0 Å². The molecular formula is C30H35FN8. The van der Waals surface area contributed by atoms with Crippen LogP contribution in [0.1, 0.15) is 52.5 Å². The summed E-state index contributed by atoms with van der Waals surface area (Å²) in [6, 6.07) is 1.88. The van der Waals surface area contributed by atoms with Crippen LogP contribution in [0.2, 0.25) is 0 Å². The second-order valence-corrected chi connectivity index (χ2v) is 10.8. The molecule has 202 valence electrons. The summed E-state index contributed by atoms with van der Waals surface area (Å²) in [6.45, 7) is 18.0. The van der Waals surface area contributed by atoms with Gasteiger partial charge in [-0.2, -0.15) is 5.10 Å². The van der Waals surface area contributed by atoms with E-state index in [9.17, 15) is 0 Å². The maximum absolute atomic E-state index is 16.2. The third-order valence-electron chi connectivity index (χ3n) is 7.15. The summed E-state index contributed by atoms with van der Waals surface area (Å²) in [5.41, 5.74) is 4.73. The van der Waals surface area contributed by atoms with Crippen molar-refractivity contribution in [3.63, 3.8) is 0 Å². The molecule has 0 saturated carbocycles. The molecular weight excluding hydrogens is 491 g/mol. The number of rotatable bonds is 7. The standard InChI is InChI=1S/C30H35FN8/c1-7-19(16-20(8-2)34-18(3)30(4,5)6)21-17-33-27-23(24(21)31)26(37-38-27)28-35-22-12-13-32-29(25(22)36-28)39-14-10-9-11-15-39/h7-8,12-13,16-17,34H,2-3,9-11,14-15H2,1,4-6H3,(H,35,36)(H,33,37,38)/b19-7+,20-16+. The molecule has 0 radical (unpaired) electrons. The number of anilines is 1. The van der Waals surface area contributed by atoms with E-state index in [1.165, 1.54) is 12.6 Å². The number of pyridine rings is 2. The fraction of sp³-hybridized carbons (Fsp3) is 0.333. The number of fused-ring (bicyclic) bond motifs is 2. The number of allylic oxidation sites excluding steroid dienone is 5. The van der Waals surface area contributed by atoms with Gasteiger partial charge in [0.05, 0.1) is 10.9 Å². The van der Waals surface area contributed by atoms with Gasteiger partial charge in [0.1, 0.15) is 17.0 Å². The van der Waals surface area contributed by atoms with Crippen LogP contribution >= 0.6 is 0 Å². The van der Waals surface area contributed by atoms with Gasteiger partial charge in [0.2, 0.25) is 0 Å². The molecule has 9 heteroatoms. The number of imidazole rings is 1. The van der Waals surface area contributed by atoms with Crippen molar-refractivity contribution in [2.24, 2.45) is 5.41 Å². The van der Waals surface area contributed by atoms with Crippen LogP contribution in [0.25, 0.3) is 39.2 Å². The van der Waals surface area contributed by atoms with Gasteiger partial charge in [0, 0.05) is 47.9 Å². The lowest BCUT2D eigenvalue weighted by atomic mass is 9.92. The topological polar surface area (TPSA) is 98.4 Å². The molecule has 8 nitrogen and oxygen atoms in total. The van der Waals surface area contributed by atoms with E-state index in [0.717, 1.165) is 48.5 Å². The Morgan fingerprint density at radius 2 is 1.95 bits per heavy atom. The minimum absolute atomic E-state index is 0.147. The zero-order chi connectivity index (χ0) is 27.7. The molecule has 4 aromatic rings. The quantitative estimate of drug-likeness (QED) is 0.233. The zero-order valence-corrected chi connectivity index (χ0v) is 23.0. The summed E-state index contributed by atoms with van der Waals surface area (Å²) < 4.78 is 16.2. The predicted molar refractivity (Wildman–Crippen MR) is 156 cm³/mol. The molecule has 0 atom stereocenters. The van der Waals surface area contributed by atoms with E-state index >= 15 is 4.39 Å². The number of aromatic amines is 2. The number of hydrogen-bond acceptors (Lipinski definition) is 6. The number of halogens is 1. The van der Waals surface area contributed by atoms with Crippen molar-refractivity contribution >= 4 is 33.5 Å². The van der Waals surface area contributed by atoms with Crippen molar-refractivity contribution in [2.45, 2.75) is 47.0 Å². The molecule has 5 rings (SSSR count). The Kier molecular flexibility index (Phi) is 7.08. The lowest BCUT2D eigenvalue weighted by Gasteiger charge is -2.27. The lowest BCUT2D eigenvalue weighted by Crippen LogP contribution is -2.30. The van der Waals surface area contributed by atoms with Crippen molar-refractivity contribution in [1.82, 2.24) is 35.5 Å². The molecule has 5 heterocycles. The highest BCUT2D eigenvalue weighted by Gasteiger charge is 2.23. The predicted octanol–water partition coefficient (Wildman–Crippen LogP) is 6.65. The van der Waals surface area contributed by atoms with E-state index < -0.39 is 5.82 Å². The average molecular weight is 527 g/mol. The first-order chi connectivity index (χ1) is 18.7. The first kappa shape index (κ1) is 26.3. The van der Waals surface area contributed by atoms with Gasteiger partial charge < -0.3 is 15.2 Å². The van der Waals surface area contributed by atoms with Crippen molar-refractivity contribution in [2.75, 3.05) is 18.0 Å². The van der Waals surface area contributed by atoms with E-state index in [-0.39, 0.29) is 16.4 Å². The summed E-state index contributed by atoms with van der Waals surface area (Å²) in [7, 11) is 0. The summed E-state index contributed by atoms with van der Waals surface area (Å²) in [6.07, 6.45) is 12.2. The second kappa shape index (κ2) is 10.5. The van der Waals surface area contributed by atoms with Gasteiger partial charge >= 0.3 is 0 Å². The average Bonchev–Trinajstić information content (AvgIpc) is 3.56. The Hall–Kier alpha value is -4.27. The van der Waals surface area contributed by atoms with Crippen LogP contribution in [0.4, 0.5) is 10.2 Å². The van der Waals surface area contributed by atoms with Crippen LogP contribution in [0.5, 0.6) is 0 Å². The highest BCUT2D eigenvalue weighted by molar-refractivity contribution is 5.96.